The minimum absolute atomic E-state index is 0.0401. The van der Waals surface area contributed by atoms with Gasteiger partial charge in [-0.3, -0.25) is 0 Å². The molecule has 0 unspecified atom stereocenters. The van der Waals surface area contributed by atoms with Crippen molar-refractivity contribution in [3.8, 4) is 11.3 Å². The first-order valence-electron chi connectivity index (χ1n) is 10.5. The maximum atomic E-state index is 4.82. The molecule has 0 aliphatic carbocycles. The van der Waals surface area contributed by atoms with Crippen LogP contribution in [0.4, 0.5) is 0 Å². The Morgan fingerprint density at radius 2 is 1.68 bits per heavy atom. The Morgan fingerprint density at radius 1 is 0.839 bits per heavy atom. The first-order valence-corrected chi connectivity index (χ1v) is 12.2. The zero-order valence-corrected chi connectivity index (χ0v) is 19.6. The van der Waals surface area contributed by atoms with Gasteiger partial charge in [-0.1, -0.05) is 45.0 Å². The van der Waals surface area contributed by atoms with Crippen LogP contribution in [-0.2, 0) is 5.41 Å². The molecule has 0 bridgehead atoms. The average molecular weight is 439 g/mol. The number of benzene rings is 3. The topological polar surface area (TPSA) is 25.8 Å². The lowest BCUT2D eigenvalue weighted by Crippen LogP contribution is -2.12. The Labute approximate surface area is 189 Å². The summed E-state index contributed by atoms with van der Waals surface area (Å²) < 4.78 is 2.62. The number of hydrogen-bond donors (Lipinski definition) is 0. The molecule has 4 heteroatoms. The second kappa shape index (κ2) is 6.59. The van der Waals surface area contributed by atoms with Gasteiger partial charge in [0.25, 0.3) is 0 Å². The largest absolute Gasteiger partial charge is 0.236 e. The quantitative estimate of drug-likeness (QED) is 0.257. The van der Waals surface area contributed by atoms with E-state index in [-0.39, 0.29) is 5.41 Å². The Morgan fingerprint density at radius 3 is 2.52 bits per heavy atom. The summed E-state index contributed by atoms with van der Waals surface area (Å²) in [6.45, 7) is 9.04. The van der Waals surface area contributed by atoms with Gasteiger partial charge in [-0.2, -0.15) is 0 Å². The lowest BCUT2D eigenvalue weighted by molar-refractivity contribution is 0.596. The first-order chi connectivity index (χ1) is 14.9. The predicted octanol–water partition coefficient (Wildman–Crippen LogP) is 8.49. The molecule has 0 spiro atoms. The molecule has 2 nitrogen and oxygen atoms in total. The SMILES string of the molecule is Cc1csc2cc3sc4ncnc(-c5cc(C(C)(C)C)c6ccccc6c5)c4c3cc12. The number of nitrogens with zero attached hydrogens (tertiary/aromatic N) is 2. The van der Waals surface area contributed by atoms with Crippen LogP contribution in [0.2, 0.25) is 0 Å². The van der Waals surface area contributed by atoms with Crippen LogP contribution >= 0.6 is 22.7 Å². The number of aryl methyl sites for hydroxylation is 1. The summed E-state index contributed by atoms with van der Waals surface area (Å²) in [5.41, 5.74) is 4.92. The fourth-order valence-electron chi connectivity index (χ4n) is 4.54. The summed E-state index contributed by atoms with van der Waals surface area (Å²) in [6, 6.07) is 18.0. The third kappa shape index (κ3) is 2.89. The molecule has 31 heavy (non-hydrogen) atoms. The van der Waals surface area contributed by atoms with Gasteiger partial charge in [-0.15, -0.1) is 22.7 Å². The van der Waals surface area contributed by atoms with Crippen molar-refractivity contribution in [2.45, 2.75) is 33.1 Å². The zero-order valence-electron chi connectivity index (χ0n) is 18.0. The molecule has 3 aromatic carbocycles. The summed E-state index contributed by atoms with van der Waals surface area (Å²) in [5, 5.41) is 8.58. The van der Waals surface area contributed by atoms with E-state index in [0.717, 1.165) is 16.1 Å². The standard InChI is InChI=1S/C27H22N2S2/c1-15-13-30-22-12-23-20(11-19(15)22)24-25(28-14-29-26(24)31-23)17-9-16-7-5-6-8-18(16)21(10-17)27(2,3)4/h5-14H,1-4H3. The van der Waals surface area contributed by atoms with Gasteiger partial charge in [0.05, 0.1) is 5.69 Å². The molecular formula is C27H22N2S2. The summed E-state index contributed by atoms with van der Waals surface area (Å²) in [5.74, 6) is 0. The Bertz CT molecular complexity index is 1630. The Hall–Kier alpha value is -2.82. The summed E-state index contributed by atoms with van der Waals surface area (Å²) in [7, 11) is 0. The third-order valence-electron chi connectivity index (χ3n) is 6.10. The van der Waals surface area contributed by atoms with Gasteiger partial charge < -0.3 is 0 Å². The van der Waals surface area contributed by atoms with E-state index in [1.54, 1.807) is 17.7 Å². The van der Waals surface area contributed by atoms with E-state index >= 15 is 0 Å². The second-order valence-corrected chi connectivity index (χ2v) is 11.2. The van der Waals surface area contributed by atoms with Crippen LogP contribution in [0.15, 0.2) is 60.2 Å². The Kier molecular flexibility index (Phi) is 4.02. The lowest BCUT2D eigenvalue weighted by atomic mass is 9.82. The number of thiophene rings is 2. The van der Waals surface area contributed by atoms with Crippen LogP contribution in [0.5, 0.6) is 0 Å². The fraction of sp³-hybridized carbons (Fsp3) is 0.185. The number of fused-ring (bicyclic) bond motifs is 5. The highest BCUT2D eigenvalue weighted by atomic mass is 32.1. The van der Waals surface area contributed by atoms with Crippen LogP contribution in [0.25, 0.3) is 52.4 Å². The molecule has 0 amide bonds. The molecule has 0 atom stereocenters. The minimum Gasteiger partial charge on any atom is -0.236 e. The number of rotatable bonds is 1. The van der Waals surface area contributed by atoms with Crippen molar-refractivity contribution >= 4 is 63.8 Å². The lowest BCUT2D eigenvalue weighted by Gasteiger charge is -2.22. The van der Waals surface area contributed by atoms with Crippen molar-refractivity contribution < 1.29 is 0 Å². The predicted molar refractivity (Wildman–Crippen MR) is 137 cm³/mol. The maximum absolute atomic E-state index is 4.82. The van der Waals surface area contributed by atoms with E-state index in [1.807, 2.05) is 11.3 Å². The molecule has 0 aliphatic rings. The number of hydrogen-bond acceptors (Lipinski definition) is 4. The maximum Gasteiger partial charge on any atom is 0.128 e. The van der Waals surface area contributed by atoms with Gasteiger partial charge in [0, 0.05) is 25.7 Å². The minimum atomic E-state index is 0.0401. The first kappa shape index (κ1) is 18.9. The molecule has 0 saturated heterocycles. The molecule has 0 fully saturated rings. The van der Waals surface area contributed by atoms with E-state index in [9.17, 15) is 0 Å². The van der Waals surface area contributed by atoms with Gasteiger partial charge in [0.15, 0.2) is 0 Å². The highest BCUT2D eigenvalue weighted by molar-refractivity contribution is 7.26. The molecule has 3 heterocycles. The highest BCUT2D eigenvalue weighted by Crippen LogP contribution is 2.42. The van der Waals surface area contributed by atoms with Gasteiger partial charge in [0.2, 0.25) is 0 Å². The van der Waals surface area contributed by atoms with Crippen molar-refractivity contribution in [1.82, 2.24) is 9.97 Å². The van der Waals surface area contributed by atoms with Gasteiger partial charge in [-0.25, -0.2) is 9.97 Å². The Balaban J connectivity index is 1.72. The van der Waals surface area contributed by atoms with Crippen LogP contribution in [0.1, 0.15) is 31.9 Å². The van der Waals surface area contributed by atoms with Crippen molar-refractivity contribution in [3.63, 3.8) is 0 Å². The second-order valence-electron chi connectivity index (χ2n) is 9.26. The van der Waals surface area contributed by atoms with E-state index in [4.69, 9.17) is 4.98 Å². The van der Waals surface area contributed by atoms with Crippen molar-refractivity contribution in [1.29, 1.82) is 0 Å². The molecule has 152 valence electrons. The molecule has 6 rings (SSSR count). The average Bonchev–Trinajstić information content (AvgIpc) is 3.30. The van der Waals surface area contributed by atoms with E-state index in [1.165, 1.54) is 47.5 Å². The van der Waals surface area contributed by atoms with E-state index in [2.05, 4.69) is 86.6 Å². The highest BCUT2D eigenvalue weighted by Gasteiger charge is 2.21. The molecule has 0 saturated carbocycles. The molecule has 6 aromatic rings. The van der Waals surface area contributed by atoms with Gasteiger partial charge >= 0.3 is 0 Å². The monoisotopic (exact) mass is 438 g/mol. The van der Waals surface area contributed by atoms with Crippen LogP contribution in [-0.4, -0.2) is 9.97 Å². The fourth-order valence-corrected chi connectivity index (χ4v) is 6.65. The normalized spacial score (nSPS) is 12.5. The molecular weight excluding hydrogens is 416 g/mol. The summed E-state index contributed by atoms with van der Waals surface area (Å²) in [4.78, 5) is 10.5. The van der Waals surface area contributed by atoms with Crippen LogP contribution in [0, 0.1) is 6.92 Å². The number of aromatic nitrogens is 2. The van der Waals surface area contributed by atoms with Crippen molar-refractivity contribution in [2.75, 3.05) is 0 Å². The van der Waals surface area contributed by atoms with E-state index in [0.29, 0.717) is 0 Å². The summed E-state index contributed by atoms with van der Waals surface area (Å²) in [6.07, 6.45) is 1.71. The van der Waals surface area contributed by atoms with Gasteiger partial charge in [0.1, 0.15) is 11.2 Å². The van der Waals surface area contributed by atoms with Crippen LogP contribution in [0.3, 0.4) is 0 Å². The molecule has 3 aromatic heterocycles. The third-order valence-corrected chi connectivity index (χ3v) is 8.22. The molecule has 0 N–H and O–H groups in total. The van der Waals surface area contributed by atoms with Crippen LogP contribution < -0.4 is 0 Å². The molecule has 0 aliphatic heterocycles. The molecule has 0 radical (unpaired) electrons. The van der Waals surface area contributed by atoms with Crippen molar-refractivity contribution in [2.24, 2.45) is 0 Å². The van der Waals surface area contributed by atoms with Crippen molar-refractivity contribution in [3.05, 3.63) is 71.4 Å². The zero-order chi connectivity index (χ0) is 21.3. The smallest absolute Gasteiger partial charge is 0.128 e. The summed E-state index contributed by atoms with van der Waals surface area (Å²) >= 11 is 3.58. The van der Waals surface area contributed by atoms with Gasteiger partial charge in [-0.05, 0) is 69.3 Å². The van der Waals surface area contributed by atoms with E-state index < -0.39 is 0 Å².